The summed E-state index contributed by atoms with van der Waals surface area (Å²) in [7, 11) is 0. The van der Waals surface area contributed by atoms with Gasteiger partial charge < -0.3 is 15.1 Å². The van der Waals surface area contributed by atoms with Gasteiger partial charge >= 0.3 is 6.03 Å². The summed E-state index contributed by atoms with van der Waals surface area (Å²) in [6, 6.07) is 6.11. The van der Waals surface area contributed by atoms with E-state index in [1.54, 1.807) is 0 Å². The van der Waals surface area contributed by atoms with Crippen molar-refractivity contribution in [1.29, 1.82) is 0 Å². The van der Waals surface area contributed by atoms with E-state index in [0.29, 0.717) is 6.04 Å². The van der Waals surface area contributed by atoms with Crippen molar-refractivity contribution >= 4 is 22.8 Å². The highest BCUT2D eigenvalue weighted by atomic mass is 16.2. The third kappa shape index (κ3) is 4.05. The summed E-state index contributed by atoms with van der Waals surface area (Å²) in [5.74, 6) is 0. The average molecular weight is 367 g/mol. The fourth-order valence-corrected chi connectivity index (χ4v) is 4.22. The second-order valence-corrected chi connectivity index (χ2v) is 7.88. The van der Waals surface area contributed by atoms with Crippen LogP contribution in [-0.2, 0) is 0 Å². The number of fused-ring (bicyclic) bond motifs is 1. The molecule has 0 spiro atoms. The van der Waals surface area contributed by atoms with E-state index in [1.165, 1.54) is 32.4 Å². The van der Waals surface area contributed by atoms with Gasteiger partial charge in [0.05, 0.1) is 22.4 Å². The number of aromatic nitrogens is 2. The monoisotopic (exact) mass is 367 g/mol. The van der Waals surface area contributed by atoms with Crippen LogP contribution >= 0.6 is 0 Å². The summed E-state index contributed by atoms with van der Waals surface area (Å²) in [6.45, 7) is 8.13. The minimum atomic E-state index is 0.00930. The first-order valence-electron chi connectivity index (χ1n) is 10.1. The second-order valence-electron chi connectivity index (χ2n) is 7.88. The number of aryl methyl sites for hydroxylation is 2. The third-order valence-electron chi connectivity index (χ3n) is 5.88. The molecule has 0 saturated carbocycles. The van der Waals surface area contributed by atoms with Gasteiger partial charge in [-0.15, -0.1) is 0 Å². The lowest BCUT2D eigenvalue weighted by Crippen LogP contribution is -2.50. The molecule has 3 heterocycles. The number of anilines is 1. The summed E-state index contributed by atoms with van der Waals surface area (Å²) in [4.78, 5) is 26.7. The van der Waals surface area contributed by atoms with Gasteiger partial charge in [0.15, 0.2) is 0 Å². The topological polar surface area (TPSA) is 61.4 Å². The van der Waals surface area contributed by atoms with E-state index in [9.17, 15) is 4.79 Å². The standard InChI is InChI=1S/C21H29N5O/c1-15-16(2)23-20-13-17(8-9-19(20)22-15)24-21(27)26-12-4-3-7-18(26)14-25-10-5-6-11-25/h8-9,13,18H,3-7,10-12,14H2,1-2H3,(H,24,27). The number of hydrogen-bond donors (Lipinski definition) is 1. The van der Waals surface area contributed by atoms with Crippen molar-refractivity contribution in [2.24, 2.45) is 0 Å². The van der Waals surface area contributed by atoms with Crippen molar-refractivity contribution in [2.45, 2.75) is 52.0 Å². The van der Waals surface area contributed by atoms with Crippen LogP contribution in [0.3, 0.4) is 0 Å². The van der Waals surface area contributed by atoms with E-state index < -0.39 is 0 Å². The number of benzene rings is 1. The van der Waals surface area contributed by atoms with Crippen molar-refractivity contribution in [3.63, 3.8) is 0 Å². The van der Waals surface area contributed by atoms with E-state index in [-0.39, 0.29) is 6.03 Å². The Morgan fingerprint density at radius 3 is 2.52 bits per heavy atom. The van der Waals surface area contributed by atoms with Crippen LogP contribution in [0.15, 0.2) is 18.2 Å². The molecule has 6 heteroatoms. The Labute approximate surface area is 161 Å². The van der Waals surface area contributed by atoms with Gasteiger partial charge in [0.1, 0.15) is 0 Å². The molecule has 2 aliphatic heterocycles. The number of rotatable bonds is 3. The maximum atomic E-state index is 13.0. The van der Waals surface area contributed by atoms with Crippen LogP contribution in [0.5, 0.6) is 0 Å². The summed E-state index contributed by atoms with van der Waals surface area (Å²) in [5.41, 5.74) is 4.34. The van der Waals surface area contributed by atoms with Crippen LogP contribution in [-0.4, -0.2) is 58.0 Å². The SMILES string of the molecule is Cc1nc2ccc(NC(=O)N3CCCCC3CN3CCCC3)cc2nc1C. The molecule has 2 fully saturated rings. The van der Waals surface area contributed by atoms with Crippen LogP contribution in [0.25, 0.3) is 11.0 Å². The normalized spacial score (nSPS) is 21.0. The van der Waals surface area contributed by atoms with Gasteiger partial charge in [-0.1, -0.05) is 0 Å². The zero-order chi connectivity index (χ0) is 18.8. The van der Waals surface area contributed by atoms with Crippen LogP contribution < -0.4 is 5.32 Å². The van der Waals surface area contributed by atoms with Gasteiger partial charge in [-0.25, -0.2) is 14.8 Å². The lowest BCUT2D eigenvalue weighted by Gasteiger charge is -2.37. The van der Waals surface area contributed by atoms with Gasteiger partial charge in [-0.3, -0.25) is 0 Å². The molecule has 0 aliphatic carbocycles. The molecular formula is C21H29N5O. The molecule has 27 heavy (non-hydrogen) atoms. The minimum absolute atomic E-state index is 0.00930. The lowest BCUT2D eigenvalue weighted by atomic mass is 10.0. The predicted molar refractivity (Wildman–Crippen MR) is 108 cm³/mol. The quantitative estimate of drug-likeness (QED) is 0.898. The Morgan fingerprint density at radius 1 is 1.04 bits per heavy atom. The van der Waals surface area contributed by atoms with E-state index in [2.05, 4.69) is 20.2 Å². The molecule has 1 unspecified atom stereocenters. The molecule has 2 aliphatic rings. The van der Waals surface area contributed by atoms with Crippen molar-refractivity contribution in [1.82, 2.24) is 19.8 Å². The zero-order valence-electron chi connectivity index (χ0n) is 16.4. The second kappa shape index (κ2) is 7.80. The molecule has 2 amide bonds. The molecule has 1 atom stereocenters. The van der Waals surface area contributed by atoms with Crippen molar-refractivity contribution in [3.8, 4) is 0 Å². The predicted octanol–water partition coefficient (Wildman–Crippen LogP) is 3.73. The van der Waals surface area contributed by atoms with Gasteiger partial charge in [-0.05, 0) is 77.2 Å². The molecule has 144 valence electrons. The number of amides is 2. The Bertz CT molecular complexity index is 831. The van der Waals surface area contributed by atoms with Crippen LogP contribution in [0.4, 0.5) is 10.5 Å². The van der Waals surface area contributed by atoms with E-state index in [4.69, 9.17) is 0 Å². The Balaban J connectivity index is 1.48. The highest BCUT2D eigenvalue weighted by Gasteiger charge is 2.29. The number of likely N-dealkylation sites (tertiary alicyclic amines) is 2. The fourth-order valence-electron chi connectivity index (χ4n) is 4.22. The van der Waals surface area contributed by atoms with Crippen molar-refractivity contribution < 1.29 is 4.79 Å². The number of piperidine rings is 1. The highest BCUT2D eigenvalue weighted by molar-refractivity contribution is 5.92. The number of carbonyl (C=O) groups excluding carboxylic acids is 1. The average Bonchev–Trinajstić information content (AvgIpc) is 3.16. The molecule has 4 rings (SSSR count). The summed E-state index contributed by atoms with van der Waals surface area (Å²) >= 11 is 0. The molecule has 1 aromatic carbocycles. The van der Waals surface area contributed by atoms with Crippen LogP contribution in [0.1, 0.15) is 43.5 Å². The molecule has 6 nitrogen and oxygen atoms in total. The van der Waals surface area contributed by atoms with E-state index in [0.717, 1.165) is 54.0 Å². The Morgan fingerprint density at radius 2 is 1.74 bits per heavy atom. The molecule has 1 N–H and O–H groups in total. The molecule has 2 saturated heterocycles. The number of urea groups is 1. The first kappa shape index (κ1) is 18.2. The molecule has 0 radical (unpaired) electrons. The Hall–Kier alpha value is -2.21. The van der Waals surface area contributed by atoms with E-state index in [1.807, 2.05) is 36.9 Å². The molecule has 2 aromatic rings. The maximum absolute atomic E-state index is 13.0. The molecule has 0 bridgehead atoms. The summed E-state index contributed by atoms with van der Waals surface area (Å²) in [5, 5.41) is 3.09. The maximum Gasteiger partial charge on any atom is 0.322 e. The van der Waals surface area contributed by atoms with Gasteiger partial charge in [0.25, 0.3) is 0 Å². The molecule has 1 aromatic heterocycles. The first-order valence-corrected chi connectivity index (χ1v) is 10.1. The largest absolute Gasteiger partial charge is 0.322 e. The third-order valence-corrected chi connectivity index (χ3v) is 5.88. The smallest absolute Gasteiger partial charge is 0.320 e. The number of carbonyl (C=O) groups is 1. The van der Waals surface area contributed by atoms with Gasteiger partial charge in [0.2, 0.25) is 0 Å². The molecular weight excluding hydrogens is 338 g/mol. The summed E-state index contributed by atoms with van der Waals surface area (Å²) in [6.07, 6.45) is 5.98. The highest BCUT2D eigenvalue weighted by Crippen LogP contribution is 2.22. The summed E-state index contributed by atoms with van der Waals surface area (Å²) < 4.78 is 0. The van der Waals surface area contributed by atoms with Crippen LogP contribution in [0, 0.1) is 13.8 Å². The lowest BCUT2D eigenvalue weighted by molar-refractivity contribution is 0.136. The Kier molecular flexibility index (Phi) is 5.25. The van der Waals surface area contributed by atoms with Crippen molar-refractivity contribution in [2.75, 3.05) is 31.5 Å². The zero-order valence-corrected chi connectivity index (χ0v) is 16.4. The number of nitrogens with zero attached hydrogens (tertiary/aromatic N) is 4. The van der Waals surface area contributed by atoms with Crippen LogP contribution in [0.2, 0.25) is 0 Å². The fraction of sp³-hybridized carbons (Fsp3) is 0.571. The number of hydrogen-bond acceptors (Lipinski definition) is 4. The minimum Gasteiger partial charge on any atom is -0.320 e. The van der Waals surface area contributed by atoms with Gasteiger partial charge in [-0.2, -0.15) is 0 Å². The first-order chi connectivity index (χ1) is 13.1. The number of nitrogens with one attached hydrogen (secondary N) is 1. The van der Waals surface area contributed by atoms with E-state index >= 15 is 0 Å². The van der Waals surface area contributed by atoms with Crippen molar-refractivity contribution in [3.05, 3.63) is 29.6 Å². The van der Waals surface area contributed by atoms with Gasteiger partial charge in [0, 0.05) is 24.8 Å².